The maximum atomic E-state index is 13.6. The van der Waals surface area contributed by atoms with Crippen molar-refractivity contribution in [2.24, 2.45) is 0 Å². The summed E-state index contributed by atoms with van der Waals surface area (Å²) in [6.07, 6.45) is 3.00. The minimum Gasteiger partial charge on any atom is -0.396 e. The second kappa shape index (κ2) is 5.33. The molecule has 0 fully saturated rings. The number of pyridine rings is 1. The summed E-state index contributed by atoms with van der Waals surface area (Å²) in [6.45, 7) is 3.04. The van der Waals surface area contributed by atoms with Crippen LogP contribution in [0.4, 0.5) is 15.8 Å². The van der Waals surface area contributed by atoms with E-state index in [1.165, 1.54) is 26.4 Å². The predicted molar refractivity (Wildman–Crippen MR) is 80.1 cm³/mol. The highest BCUT2D eigenvalue weighted by Gasteiger charge is 2.27. The lowest BCUT2D eigenvalue weighted by Crippen LogP contribution is -2.28. The molecule has 2 aromatic rings. The molecular formula is C14H16FN3O2S. The second-order valence-corrected chi connectivity index (χ2v) is 6.63. The molecular weight excluding hydrogens is 293 g/mol. The highest BCUT2D eigenvalue weighted by atomic mass is 32.2. The molecule has 0 radical (unpaired) electrons. The molecule has 112 valence electrons. The van der Waals surface area contributed by atoms with Gasteiger partial charge in [-0.1, -0.05) is 0 Å². The van der Waals surface area contributed by atoms with Crippen LogP contribution in [0.5, 0.6) is 0 Å². The zero-order chi connectivity index (χ0) is 15.8. The number of anilines is 2. The van der Waals surface area contributed by atoms with Gasteiger partial charge in [-0.15, -0.1) is 0 Å². The average Bonchev–Trinajstić information content (AvgIpc) is 2.44. The summed E-state index contributed by atoms with van der Waals surface area (Å²) >= 11 is 0. The third-order valence-electron chi connectivity index (χ3n) is 3.35. The van der Waals surface area contributed by atoms with Crippen molar-refractivity contribution in [3.05, 3.63) is 47.5 Å². The Bertz CT molecular complexity index is 777. The number of sulfonamides is 1. The lowest BCUT2D eigenvalue weighted by atomic mass is 10.1. The summed E-state index contributed by atoms with van der Waals surface area (Å²) in [5.74, 6) is -0.615. The maximum Gasteiger partial charge on any atom is 0.264 e. The van der Waals surface area contributed by atoms with Crippen LogP contribution >= 0.6 is 0 Å². The van der Waals surface area contributed by atoms with Crippen LogP contribution in [0, 0.1) is 19.7 Å². The van der Waals surface area contributed by atoms with Crippen molar-refractivity contribution in [2.45, 2.75) is 18.7 Å². The van der Waals surface area contributed by atoms with Crippen molar-refractivity contribution < 1.29 is 12.8 Å². The first-order valence-corrected chi connectivity index (χ1v) is 7.65. The van der Waals surface area contributed by atoms with E-state index in [0.717, 1.165) is 10.4 Å². The summed E-state index contributed by atoms with van der Waals surface area (Å²) in [6, 6.07) is 4.29. The standard InChI is InChI=1S/C14H16FN3O2S/c1-9-8-12(15)13(16)10(2)14(9)21(19,20)18(3)11-4-6-17-7-5-11/h4-8H,16H2,1-3H3. The molecule has 0 saturated heterocycles. The first-order chi connectivity index (χ1) is 9.76. The zero-order valence-electron chi connectivity index (χ0n) is 12.0. The first kappa shape index (κ1) is 15.2. The number of nitrogen functional groups attached to an aromatic ring is 1. The number of halogens is 1. The number of nitrogens with two attached hydrogens (primary N) is 1. The van der Waals surface area contributed by atoms with E-state index < -0.39 is 15.8 Å². The van der Waals surface area contributed by atoms with E-state index in [1.807, 2.05) is 0 Å². The fourth-order valence-electron chi connectivity index (χ4n) is 2.16. The normalized spacial score (nSPS) is 11.4. The van der Waals surface area contributed by atoms with Crippen LogP contribution in [0.2, 0.25) is 0 Å². The van der Waals surface area contributed by atoms with E-state index in [4.69, 9.17) is 5.73 Å². The smallest absolute Gasteiger partial charge is 0.264 e. The van der Waals surface area contributed by atoms with Crippen LogP contribution in [0.3, 0.4) is 0 Å². The third kappa shape index (κ3) is 2.56. The van der Waals surface area contributed by atoms with Crippen LogP contribution in [0.1, 0.15) is 11.1 Å². The Kier molecular flexibility index (Phi) is 3.87. The average molecular weight is 309 g/mol. The van der Waals surface area contributed by atoms with Crippen molar-refractivity contribution in [3.63, 3.8) is 0 Å². The Balaban J connectivity index is 2.63. The van der Waals surface area contributed by atoms with E-state index in [2.05, 4.69) is 4.98 Å². The summed E-state index contributed by atoms with van der Waals surface area (Å²) < 4.78 is 40.2. The lowest BCUT2D eigenvalue weighted by Gasteiger charge is -2.22. The van der Waals surface area contributed by atoms with Gasteiger partial charge < -0.3 is 5.73 Å². The zero-order valence-corrected chi connectivity index (χ0v) is 12.8. The largest absolute Gasteiger partial charge is 0.396 e. The summed E-state index contributed by atoms with van der Waals surface area (Å²) in [5, 5.41) is 0. The van der Waals surface area contributed by atoms with Crippen molar-refractivity contribution >= 4 is 21.4 Å². The van der Waals surface area contributed by atoms with Crippen LogP contribution in [0.15, 0.2) is 35.5 Å². The van der Waals surface area contributed by atoms with Crippen molar-refractivity contribution in [3.8, 4) is 0 Å². The minimum absolute atomic E-state index is 0.0284. The second-order valence-electron chi connectivity index (χ2n) is 4.72. The third-order valence-corrected chi connectivity index (χ3v) is 5.42. The molecule has 1 heterocycles. The van der Waals surface area contributed by atoms with Crippen molar-refractivity contribution in [1.82, 2.24) is 4.98 Å². The Morgan fingerprint density at radius 2 is 1.81 bits per heavy atom. The van der Waals surface area contributed by atoms with Gasteiger partial charge in [0.1, 0.15) is 5.82 Å². The number of hydrogen-bond donors (Lipinski definition) is 1. The summed E-state index contributed by atoms with van der Waals surface area (Å²) in [4.78, 5) is 3.88. The summed E-state index contributed by atoms with van der Waals surface area (Å²) in [5.41, 5.74) is 6.47. The van der Waals surface area contributed by atoms with Crippen LogP contribution < -0.4 is 10.0 Å². The van der Waals surface area contributed by atoms with E-state index in [-0.39, 0.29) is 16.1 Å². The predicted octanol–water partition coefficient (Wildman–Crippen LogP) is 2.24. The molecule has 0 aliphatic rings. The summed E-state index contributed by atoms with van der Waals surface area (Å²) in [7, 11) is -2.40. The van der Waals surface area contributed by atoms with Crippen molar-refractivity contribution in [1.29, 1.82) is 0 Å². The molecule has 0 unspecified atom stereocenters. The van der Waals surface area contributed by atoms with Gasteiger partial charge >= 0.3 is 0 Å². The van der Waals surface area contributed by atoms with E-state index in [9.17, 15) is 12.8 Å². The Labute approximate surface area is 123 Å². The van der Waals surface area contributed by atoms with Gasteiger partial charge in [0, 0.05) is 19.4 Å². The topological polar surface area (TPSA) is 76.3 Å². The fourth-order valence-corrected chi connectivity index (χ4v) is 3.79. The Hall–Kier alpha value is -2.15. The molecule has 0 spiro atoms. The maximum absolute atomic E-state index is 13.6. The number of benzene rings is 1. The van der Waals surface area contributed by atoms with Crippen molar-refractivity contribution in [2.75, 3.05) is 17.1 Å². The first-order valence-electron chi connectivity index (χ1n) is 6.21. The molecule has 7 heteroatoms. The molecule has 1 aromatic heterocycles. The molecule has 0 aliphatic heterocycles. The molecule has 5 nitrogen and oxygen atoms in total. The van der Waals surface area contributed by atoms with E-state index >= 15 is 0 Å². The number of nitrogens with zero attached hydrogens (tertiary/aromatic N) is 2. The van der Waals surface area contributed by atoms with Gasteiger partial charge in [0.15, 0.2) is 0 Å². The van der Waals surface area contributed by atoms with Gasteiger partial charge in [0.2, 0.25) is 0 Å². The lowest BCUT2D eigenvalue weighted by molar-refractivity contribution is 0.591. The van der Waals surface area contributed by atoms with Gasteiger partial charge in [-0.25, -0.2) is 12.8 Å². The highest BCUT2D eigenvalue weighted by molar-refractivity contribution is 7.93. The molecule has 0 bridgehead atoms. The number of rotatable bonds is 3. The monoisotopic (exact) mass is 309 g/mol. The van der Waals surface area contributed by atoms with Crippen LogP contribution in [0.25, 0.3) is 0 Å². The molecule has 2 N–H and O–H groups in total. The number of aryl methyl sites for hydroxylation is 1. The van der Waals surface area contributed by atoms with Crippen LogP contribution in [-0.4, -0.2) is 20.4 Å². The molecule has 2 rings (SSSR count). The fraction of sp³-hybridized carbons (Fsp3) is 0.214. The van der Waals surface area contributed by atoms with Gasteiger partial charge in [-0.2, -0.15) is 0 Å². The van der Waals surface area contributed by atoms with Gasteiger partial charge in [-0.3, -0.25) is 9.29 Å². The number of hydrogen-bond acceptors (Lipinski definition) is 4. The molecule has 0 saturated carbocycles. The molecule has 0 amide bonds. The molecule has 21 heavy (non-hydrogen) atoms. The highest BCUT2D eigenvalue weighted by Crippen LogP contribution is 2.31. The van der Waals surface area contributed by atoms with Gasteiger partial charge in [-0.05, 0) is 43.2 Å². The van der Waals surface area contributed by atoms with Gasteiger partial charge in [0.05, 0.1) is 16.3 Å². The quantitative estimate of drug-likeness (QED) is 0.882. The Morgan fingerprint density at radius 1 is 1.24 bits per heavy atom. The molecule has 1 aromatic carbocycles. The van der Waals surface area contributed by atoms with Gasteiger partial charge in [0.25, 0.3) is 10.0 Å². The minimum atomic E-state index is -3.83. The van der Waals surface area contributed by atoms with E-state index in [0.29, 0.717) is 11.3 Å². The van der Waals surface area contributed by atoms with Crippen LogP contribution in [-0.2, 0) is 10.0 Å². The van der Waals surface area contributed by atoms with E-state index in [1.54, 1.807) is 19.1 Å². The number of aromatic nitrogens is 1. The Morgan fingerprint density at radius 3 is 2.38 bits per heavy atom. The SMILES string of the molecule is Cc1cc(F)c(N)c(C)c1S(=O)(=O)N(C)c1ccncc1. The molecule has 0 atom stereocenters. The molecule has 0 aliphatic carbocycles.